The van der Waals surface area contributed by atoms with Crippen molar-refractivity contribution in [3.63, 3.8) is 0 Å². The Balaban J connectivity index is 4.29. The highest BCUT2D eigenvalue weighted by atomic mass is 31.2. The monoisotopic (exact) mass is 252 g/mol. The lowest BCUT2D eigenvalue weighted by molar-refractivity contribution is -0.0784. The van der Waals surface area contributed by atoms with Crippen LogP contribution in [0.4, 0.5) is 13.2 Å². The van der Waals surface area contributed by atoms with Gasteiger partial charge in [-0.05, 0) is 19.6 Å². The second-order valence-electron chi connectivity index (χ2n) is 3.46. The van der Waals surface area contributed by atoms with Crippen LogP contribution in [-0.4, -0.2) is 26.0 Å². The maximum Gasteiger partial charge on any atom is 0.465 e. The fourth-order valence-electron chi connectivity index (χ4n) is 0.541. The van der Waals surface area contributed by atoms with Crippen molar-refractivity contribution in [2.45, 2.75) is 32.4 Å². The molecule has 14 heavy (non-hydrogen) atoms. The summed E-state index contributed by atoms with van der Waals surface area (Å²) in [6, 6.07) is 0. The molecule has 0 aromatic carbocycles. The Bertz CT molecular complexity index is 232. The molecule has 86 valence electrons. The molecule has 2 unspecified atom stereocenters. The molecule has 0 saturated carbocycles. The van der Waals surface area contributed by atoms with Gasteiger partial charge in [0.1, 0.15) is 0 Å². The van der Waals surface area contributed by atoms with Crippen LogP contribution in [0.15, 0.2) is 0 Å². The van der Waals surface area contributed by atoms with Crippen LogP contribution in [-0.2, 0) is 13.3 Å². The normalized spacial score (nSPS) is 19.4. The Morgan fingerprint density at radius 2 is 1.71 bits per heavy atom. The smallest absolute Gasteiger partial charge is 0.330 e. The van der Waals surface area contributed by atoms with Crippen LogP contribution >= 0.6 is 7.82 Å². The van der Waals surface area contributed by atoms with Crippen molar-refractivity contribution in [3.8, 4) is 0 Å². The van der Waals surface area contributed by atoms with Crippen molar-refractivity contribution in [2.24, 2.45) is 0 Å². The number of halogens is 3. The zero-order valence-corrected chi connectivity index (χ0v) is 9.80. The van der Waals surface area contributed by atoms with Crippen LogP contribution in [0, 0.1) is 0 Å². The molecule has 0 spiro atoms. The number of hydrogen-bond acceptors (Lipinski definition) is 3. The van der Waals surface area contributed by atoms with E-state index in [-0.39, 0.29) is 0 Å². The molecular formula is C5H12F3O4PSi. The summed E-state index contributed by atoms with van der Waals surface area (Å²) in [4.78, 5) is 8.84. The topological polar surface area (TPSA) is 55.8 Å². The highest BCUT2D eigenvalue weighted by Crippen LogP contribution is 2.48. The van der Waals surface area contributed by atoms with Gasteiger partial charge in [0.05, 0.1) is 0 Å². The molecule has 0 radical (unpaired) electrons. The van der Waals surface area contributed by atoms with Crippen LogP contribution in [0.1, 0.15) is 0 Å². The van der Waals surface area contributed by atoms with Crippen molar-refractivity contribution in [2.75, 3.05) is 0 Å². The van der Waals surface area contributed by atoms with Gasteiger partial charge in [0.25, 0.3) is 12.8 Å². The Morgan fingerprint density at radius 3 is 2.00 bits per heavy atom. The number of rotatable bonds is 5. The molecule has 1 N–H and O–H groups in total. The van der Waals surface area contributed by atoms with E-state index >= 15 is 0 Å². The lowest BCUT2D eigenvalue weighted by atomic mass is 10.7. The standard InChI is InChI=1S/C5H12F3O4PSi/c1-14(2,3)12-13(9,10)11-5(8)4(6)7/h4-5H,1-3H3,(H,9,10). The van der Waals surface area contributed by atoms with Gasteiger partial charge in [-0.2, -0.15) is 0 Å². The second-order valence-corrected chi connectivity index (χ2v) is 9.57. The van der Waals surface area contributed by atoms with Crippen LogP contribution in [0.2, 0.25) is 19.6 Å². The van der Waals surface area contributed by atoms with Crippen LogP contribution in [0.3, 0.4) is 0 Å². The van der Waals surface area contributed by atoms with E-state index < -0.39 is 28.9 Å². The maximum atomic E-state index is 12.2. The first kappa shape index (κ1) is 14.1. The van der Waals surface area contributed by atoms with Gasteiger partial charge in [0.15, 0.2) is 8.32 Å². The third-order valence-corrected chi connectivity index (χ3v) is 4.40. The summed E-state index contributed by atoms with van der Waals surface area (Å²) in [7, 11) is -7.16. The van der Waals surface area contributed by atoms with Gasteiger partial charge in [-0.3, -0.25) is 0 Å². The Kier molecular flexibility index (Phi) is 4.80. The minimum absolute atomic E-state index is 1.54. The van der Waals surface area contributed by atoms with E-state index in [0.29, 0.717) is 0 Å². The molecule has 0 aromatic rings. The molecule has 0 aliphatic heterocycles. The first-order valence-electron chi connectivity index (χ1n) is 3.68. The number of hydrogen-bond donors (Lipinski definition) is 1. The summed E-state index contributed by atoms with van der Waals surface area (Å²) >= 11 is 0. The molecule has 0 amide bonds. The quantitative estimate of drug-likeness (QED) is 0.603. The van der Waals surface area contributed by atoms with Gasteiger partial charge < -0.3 is 9.11 Å². The predicted molar refractivity (Wildman–Crippen MR) is 46.2 cm³/mol. The largest absolute Gasteiger partial charge is 0.465 e. The van der Waals surface area contributed by atoms with E-state index in [1.807, 2.05) is 0 Å². The van der Waals surface area contributed by atoms with Gasteiger partial charge >= 0.3 is 7.82 Å². The van der Waals surface area contributed by atoms with E-state index in [9.17, 15) is 17.7 Å². The third kappa shape index (κ3) is 6.55. The summed E-state index contributed by atoms with van der Waals surface area (Å²) < 4.78 is 54.5. The molecule has 0 fully saturated rings. The first-order chi connectivity index (χ1) is 6.03. The van der Waals surface area contributed by atoms with E-state index in [1.165, 1.54) is 19.6 Å². The van der Waals surface area contributed by atoms with E-state index in [4.69, 9.17) is 4.89 Å². The number of phosphoric ester groups is 1. The Morgan fingerprint density at radius 1 is 1.29 bits per heavy atom. The van der Waals surface area contributed by atoms with Gasteiger partial charge in [-0.1, -0.05) is 0 Å². The van der Waals surface area contributed by atoms with E-state index in [1.54, 1.807) is 0 Å². The molecule has 4 nitrogen and oxygen atoms in total. The SMILES string of the molecule is C[Si](C)(C)OP(=O)(O)OC(F)C(F)F. The van der Waals surface area contributed by atoms with E-state index in [2.05, 4.69) is 8.74 Å². The van der Waals surface area contributed by atoms with Crippen LogP contribution in [0.5, 0.6) is 0 Å². The second kappa shape index (κ2) is 4.76. The summed E-state index contributed by atoms with van der Waals surface area (Å²) in [5.74, 6) is 0. The summed E-state index contributed by atoms with van der Waals surface area (Å²) in [6.07, 6.45) is -6.58. The minimum atomic E-state index is -4.72. The Labute approximate surface area is 80.8 Å². The average Bonchev–Trinajstić information content (AvgIpc) is 1.78. The zero-order chi connectivity index (χ0) is 11.6. The predicted octanol–water partition coefficient (Wildman–Crippen LogP) is 2.52. The van der Waals surface area contributed by atoms with Crippen molar-refractivity contribution in [3.05, 3.63) is 0 Å². The highest BCUT2D eigenvalue weighted by molar-refractivity contribution is 7.49. The molecule has 0 rings (SSSR count). The molecule has 0 aliphatic rings. The minimum Gasteiger partial charge on any atom is -0.330 e. The molecule has 0 saturated heterocycles. The zero-order valence-electron chi connectivity index (χ0n) is 7.91. The maximum absolute atomic E-state index is 12.2. The van der Waals surface area contributed by atoms with Crippen molar-refractivity contribution in [1.82, 2.24) is 0 Å². The summed E-state index contributed by atoms with van der Waals surface area (Å²) in [5.41, 5.74) is 0. The molecule has 9 heteroatoms. The van der Waals surface area contributed by atoms with E-state index in [0.717, 1.165) is 0 Å². The van der Waals surface area contributed by atoms with Crippen molar-refractivity contribution < 1.29 is 31.4 Å². The Hall–Kier alpha value is 0.117. The molecule has 0 aromatic heterocycles. The number of phosphoric acid groups is 1. The molecule has 0 heterocycles. The average molecular weight is 252 g/mol. The lowest BCUT2D eigenvalue weighted by Gasteiger charge is -2.22. The van der Waals surface area contributed by atoms with Gasteiger partial charge in [0.2, 0.25) is 0 Å². The number of alkyl halides is 3. The molecular weight excluding hydrogens is 240 g/mol. The fraction of sp³-hybridized carbons (Fsp3) is 1.00. The third-order valence-electron chi connectivity index (χ3n) is 0.821. The van der Waals surface area contributed by atoms with Crippen molar-refractivity contribution in [1.29, 1.82) is 0 Å². The highest BCUT2D eigenvalue weighted by Gasteiger charge is 2.36. The fourth-order valence-corrected chi connectivity index (χ4v) is 3.83. The van der Waals surface area contributed by atoms with Crippen LogP contribution < -0.4 is 0 Å². The summed E-state index contributed by atoms with van der Waals surface area (Å²) in [5, 5.41) is 0. The van der Waals surface area contributed by atoms with Gasteiger partial charge in [0, 0.05) is 0 Å². The lowest BCUT2D eigenvalue weighted by Crippen LogP contribution is -2.26. The summed E-state index contributed by atoms with van der Waals surface area (Å²) in [6.45, 7) is 4.61. The van der Waals surface area contributed by atoms with Crippen molar-refractivity contribution >= 4 is 16.1 Å². The molecule has 0 aliphatic carbocycles. The molecule has 2 atom stereocenters. The van der Waals surface area contributed by atoms with Gasteiger partial charge in [-0.15, -0.1) is 0 Å². The first-order valence-corrected chi connectivity index (χ1v) is 8.58. The molecule has 0 bridgehead atoms. The van der Waals surface area contributed by atoms with Crippen LogP contribution in [0.25, 0.3) is 0 Å². The van der Waals surface area contributed by atoms with Gasteiger partial charge in [-0.25, -0.2) is 22.3 Å².